The smallest absolute Gasteiger partial charge is 0.309 e. The Morgan fingerprint density at radius 1 is 1.42 bits per heavy atom. The Bertz CT molecular complexity index is 740. The molecule has 0 aromatic heterocycles. The van der Waals surface area contributed by atoms with E-state index in [1.54, 1.807) is 6.07 Å². The Morgan fingerprint density at radius 3 is 2.38 bits per heavy atom. The third-order valence-electron chi connectivity index (χ3n) is 2.68. The maximum absolute atomic E-state index is 13.9. The molecule has 0 saturated carbocycles. The number of rotatable bonds is 4. The quantitative estimate of drug-likeness (QED) is 0.290. The number of nitriles is 1. The van der Waals surface area contributed by atoms with Crippen molar-refractivity contribution in [3.63, 3.8) is 0 Å². The highest BCUT2D eigenvalue weighted by molar-refractivity contribution is 6.45. The van der Waals surface area contributed by atoms with Gasteiger partial charge in [-0.1, -0.05) is 11.6 Å². The van der Waals surface area contributed by atoms with Gasteiger partial charge in [0.15, 0.2) is 5.70 Å². The van der Waals surface area contributed by atoms with Crippen LogP contribution in [0.2, 0.25) is 0 Å². The van der Waals surface area contributed by atoms with Crippen LogP contribution in [0, 0.1) is 17.1 Å². The predicted molar refractivity (Wildman–Crippen MR) is 75.5 cm³/mol. The molecule has 0 unspecified atom stereocenters. The van der Waals surface area contributed by atoms with Crippen LogP contribution in [0.5, 0.6) is 0 Å². The van der Waals surface area contributed by atoms with E-state index in [9.17, 15) is 27.2 Å². The lowest BCUT2D eigenvalue weighted by molar-refractivity contribution is -0.122. The molecule has 2 amide bonds. The number of carbonyl (C=O) groups is 2. The van der Waals surface area contributed by atoms with Crippen molar-refractivity contribution in [1.82, 2.24) is 5.01 Å². The average Bonchev–Trinajstić information content (AvgIpc) is 2.47. The number of imide groups is 1. The van der Waals surface area contributed by atoms with Crippen molar-refractivity contribution in [2.45, 2.75) is 6.18 Å². The molecule has 1 rings (SSSR count). The monoisotopic (exact) mass is 364 g/mol. The molecule has 1 aromatic rings. The molecule has 11 heteroatoms. The fourth-order valence-electron chi connectivity index (χ4n) is 1.67. The highest BCUT2D eigenvalue weighted by Crippen LogP contribution is 2.32. The van der Waals surface area contributed by atoms with E-state index in [2.05, 4.69) is 0 Å². The molecule has 6 nitrogen and oxygen atoms in total. The Balaban J connectivity index is 3.43. The summed E-state index contributed by atoms with van der Waals surface area (Å²) in [7, 11) is 0.784. The van der Waals surface area contributed by atoms with Crippen LogP contribution in [0.1, 0.15) is 5.56 Å². The molecule has 24 heavy (non-hydrogen) atoms. The molecule has 0 aliphatic carbocycles. The lowest BCUT2D eigenvalue weighted by Crippen LogP contribution is -2.38. The molecule has 0 bridgehead atoms. The normalized spacial score (nSPS) is 12.1. The van der Waals surface area contributed by atoms with Crippen molar-refractivity contribution >= 4 is 29.6 Å². The average molecular weight is 365 g/mol. The summed E-state index contributed by atoms with van der Waals surface area (Å²) in [4.78, 5) is 23.2. The second-order valence-corrected chi connectivity index (χ2v) is 4.71. The number of hydrogen-bond donors (Lipinski definition) is 1. The first-order valence-electron chi connectivity index (χ1n) is 5.98. The van der Waals surface area contributed by atoms with Gasteiger partial charge in [0.1, 0.15) is 10.8 Å². The van der Waals surface area contributed by atoms with Crippen molar-refractivity contribution < 1.29 is 27.2 Å². The summed E-state index contributed by atoms with van der Waals surface area (Å²) in [5.74, 6) is 2.20. The molecule has 0 radical (unpaired) electrons. The van der Waals surface area contributed by atoms with Gasteiger partial charge in [-0.2, -0.15) is 18.4 Å². The van der Waals surface area contributed by atoms with Crippen LogP contribution in [0.25, 0.3) is 0 Å². The highest BCUT2D eigenvalue weighted by atomic mass is 35.5. The molecule has 0 aliphatic heterocycles. The van der Waals surface area contributed by atoms with Crippen molar-refractivity contribution in [2.24, 2.45) is 5.84 Å². The number of amides is 2. The minimum absolute atomic E-state index is 0.0358. The minimum atomic E-state index is -5.09. The first kappa shape index (κ1) is 19.4. The summed E-state index contributed by atoms with van der Waals surface area (Å²) >= 11 is 5.42. The molecule has 0 atom stereocenters. The number of allylic oxidation sites excluding steroid dienone is 1. The van der Waals surface area contributed by atoms with E-state index in [1.165, 1.54) is 0 Å². The van der Waals surface area contributed by atoms with E-state index in [0.717, 1.165) is 19.2 Å². The molecule has 0 heterocycles. The zero-order chi connectivity index (χ0) is 18.7. The van der Waals surface area contributed by atoms with E-state index in [-0.39, 0.29) is 21.9 Å². The number of nitrogens with zero attached hydrogens (tertiary/aromatic N) is 3. The van der Waals surface area contributed by atoms with Gasteiger partial charge in [-0.05, 0) is 18.2 Å². The summed E-state index contributed by atoms with van der Waals surface area (Å²) in [6, 6.07) is 4.27. The number of benzene rings is 1. The summed E-state index contributed by atoms with van der Waals surface area (Å²) < 4.78 is 52.6. The number of nitrogens with two attached hydrogens (primary N) is 1. The van der Waals surface area contributed by atoms with Crippen LogP contribution < -0.4 is 10.7 Å². The van der Waals surface area contributed by atoms with Gasteiger partial charge in [0.25, 0.3) is 5.91 Å². The fourth-order valence-corrected chi connectivity index (χ4v) is 2.00. The van der Waals surface area contributed by atoms with E-state index in [1.807, 2.05) is 0 Å². The first-order chi connectivity index (χ1) is 11.0. The predicted octanol–water partition coefficient (Wildman–Crippen LogP) is 2.00. The second-order valence-electron chi connectivity index (χ2n) is 4.33. The van der Waals surface area contributed by atoms with Gasteiger partial charge in [0.05, 0.1) is 17.3 Å². The Labute approximate surface area is 138 Å². The zero-order valence-electron chi connectivity index (χ0n) is 11.9. The molecular formula is C13H9ClF4N4O2. The minimum Gasteiger partial charge on any atom is -0.309 e. The standard InChI is InChI=1S/C13H9ClF4N4O2/c1-21(20)11(13(16,17)18)10(14)12(24)22(6-23)9-3-2-7(5-19)4-8(9)15/h2-4,6H,20H2,1H3/b11-10+. The lowest BCUT2D eigenvalue weighted by atomic mass is 10.2. The topological polar surface area (TPSA) is 90.4 Å². The fraction of sp³-hybridized carbons (Fsp3) is 0.154. The third-order valence-corrected chi connectivity index (χ3v) is 3.02. The van der Waals surface area contributed by atoms with E-state index < -0.39 is 34.3 Å². The maximum atomic E-state index is 13.9. The summed E-state index contributed by atoms with van der Waals surface area (Å²) in [5.41, 5.74) is -2.50. The van der Waals surface area contributed by atoms with Gasteiger partial charge < -0.3 is 5.01 Å². The summed E-state index contributed by atoms with van der Waals surface area (Å²) in [5, 5.41) is 7.26. The van der Waals surface area contributed by atoms with Crippen LogP contribution in [-0.2, 0) is 9.59 Å². The van der Waals surface area contributed by atoms with Gasteiger partial charge in [0, 0.05) is 7.05 Å². The molecule has 1 aromatic carbocycles. The van der Waals surface area contributed by atoms with Crippen LogP contribution >= 0.6 is 11.6 Å². The van der Waals surface area contributed by atoms with Gasteiger partial charge in [0.2, 0.25) is 6.41 Å². The van der Waals surface area contributed by atoms with Gasteiger partial charge in [-0.15, -0.1) is 0 Å². The molecule has 0 aliphatic rings. The maximum Gasteiger partial charge on any atom is 0.434 e. The number of halogens is 5. The van der Waals surface area contributed by atoms with Gasteiger partial charge in [-0.25, -0.2) is 15.1 Å². The number of alkyl halides is 3. The van der Waals surface area contributed by atoms with Crippen LogP contribution in [-0.4, -0.2) is 30.6 Å². The molecular weight excluding hydrogens is 356 g/mol. The lowest BCUT2D eigenvalue weighted by Gasteiger charge is -2.23. The van der Waals surface area contributed by atoms with Crippen LogP contribution in [0.3, 0.4) is 0 Å². The SMILES string of the molecule is CN(N)/C(=C(/Cl)C(=O)N(C=O)c1ccc(C#N)cc1F)C(F)(F)F. The van der Waals surface area contributed by atoms with E-state index >= 15 is 0 Å². The van der Waals surface area contributed by atoms with E-state index in [0.29, 0.717) is 6.07 Å². The van der Waals surface area contributed by atoms with Crippen molar-refractivity contribution in [2.75, 3.05) is 11.9 Å². The number of anilines is 1. The third kappa shape index (κ3) is 4.01. The van der Waals surface area contributed by atoms with Crippen molar-refractivity contribution in [3.05, 3.63) is 40.3 Å². The van der Waals surface area contributed by atoms with Gasteiger partial charge >= 0.3 is 6.18 Å². The molecule has 2 N–H and O–H groups in total. The van der Waals surface area contributed by atoms with Crippen molar-refractivity contribution in [1.29, 1.82) is 5.26 Å². The van der Waals surface area contributed by atoms with Crippen LogP contribution in [0.15, 0.2) is 28.9 Å². The summed E-state index contributed by atoms with van der Waals surface area (Å²) in [6.07, 6.45) is -5.30. The van der Waals surface area contributed by atoms with Crippen molar-refractivity contribution in [3.8, 4) is 6.07 Å². The van der Waals surface area contributed by atoms with Crippen LogP contribution in [0.4, 0.5) is 23.2 Å². The first-order valence-corrected chi connectivity index (χ1v) is 6.36. The number of hydrogen-bond acceptors (Lipinski definition) is 5. The highest BCUT2D eigenvalue weighted by Gasteiger charge is 2.41. The number of carbonyl (C=O) groups excluding carboxylic acids is 2. The second kappa shape index (κ2) is 7.29. The Kier molecular flexibility index (Phi) is 5.89. The zero-order valence-corrected chi connectivity index (χ0v) is 12.7. The number of hydrazine groups is 1. The molecule has 0 spiro atoms. The van der Waals surface area contributed by atoms with Gasteiger partial charge in [-0.3, -0.25) is 9.59 Å². The Hall–Kier alpha value is -2.64. The summed E-state index contributed by atoms with van der Waals surface area (Å²) in [6.45, 7) is 0. The Morgan fingerprint density at radius 2 is 2.00 bits per heavy atom. The molecule has 0 saturated heterocycles. The van der Waals surface area contributed by atoms with E-state index in [4.69, 9.17) is 22.7 Å². The largest absolute Gasteiger partial charge is 0.434 e. The molecule has 128 valence electrons. The molecule has 0 fully saturated rings.